The lowest BCUT2D eigenvalue weighted by Crippen LogP contribution is -2.72. The molecular formula is C35H55N2O19Si-. The van der Waals surface area contributed by atoms with E-state index in [1.807, 2.05) is 0 Å². The molecule has 3 fully saturated rings. The van der Waals surface area contributed by atoms with Gasteiger partial charge in [-0.05, 0) is 18.2 Å². The predicted octanol–water partition coefficient (Wildman–Crippen LogP) is -5.76. The van der Waals surface area contributed by atoms with E-state index >= 15 is 0 Å². The van der Waals surface area contributed by atoms with Gasteiger partial charge in [0.25, 0.3) is 5.91 Å². The van der Waals surface area contributed by atoms with Crippen molar-refractivity contribution in [1.29, 1.82) is 0 Å². The summed E-state index contributed by atoms with van der Waals surface area (Å²) in [6.07, 6.45) is -27.3. The first-order chi connectivity index (χ1) is 26.7. The number of benzene rings is 1. The maximum Gasteiger partial charge on any atom is 0.251 e. The number of hydrogen-bond donors (Lipinski definition) is 11. The zero-order valence-corrected chi connectivity index (χ0v) is 32.9. The van der Waals surface area contributed by atoms with Crippen LogP contribution in [0.1, 0.15) is 23.7 Å². The van der Waals surface area contributed by atoms with Crippen molar-refractivity contribution >= 4 is 25.9 Å². The summed E-state index contributed by atoms with van der Waals surface area (Å²) in [6, 6.07) is 6.85. The second kappa shape index (κ2) is 20.0. The second-order valence-electron chi connectivity index (χ2n) is 15.5. The third kappa shape index (κ3) is 11.5. The highest BCUT2D eigenvalue weighted by Gasteiger charge is 2.58. The lowest BCUT2D eigenvalue weighted by Gasteiger charge is -2.52. The molecule has 3 heterocycles. The van der Waals surface area contributed by atoms with Gasteiger partial charge in [0, 0.05) is 40.1 Å². The van der Waals surface area contributed by atoms with E-state index in [2.05, 4.69) is 30.3 Å². The Morgan fingerprint density at radius 3 is 2.05 bits per heavy atom. The smallest absolute Gasteiger partial charge is 0.251 e. The Kier molecular flexibility index (Phi) is 16.5. The Bertz CT molecular complexity index is 1480. The summed E-state index contributed by atoms with van der Waals surface area (Å²) in [5, 5.41) is 116. The van der Waals surface area contributed by atoms with Crippen molar-refractivity contribution < 1.29 is 93.9 Å². The third-order valence-corrected chi connectivity index (χ3v) is 11.6. The van der Waals surface area contributed by atoms with Crippen LogP contribution in [0, 0.1) is 0 Å². The summed E-state index contributed by atoms with van der Waals surface area (Å²) in [7, 11) is -1.61. The number of ether oxygens (including phenoxy) is 6. The Balaban J connectivity index is 1.59. The van der Waals surface area contributed by atoms with Crippen molar-refractivity contribution in [2.75, 3.05) is 26.4 Å². The zero-order valence-electron chi connectivity index (χ0n) is 31.9. The van der Waals surface area contributed by atoms with Gasteiger partial charge in [-0.15, -0.1) is 0 Å². The van der Waals surface area contributed by atoms with E-state index < -0.39 is 150 Å². The largest absolute Gasteiger partial charge is 0.544 e. The van der Waals surface area contributed by atoms with E-state index in [-0.39, 0.29) is 12.2 Å². The molecule has 16 atom stereocenters. The van der Waals surface area contributed by atoms with Crippen LogP contribution in [0.4, 0.5) is 0 Å². The van der Waals surface area contributed by atoms with Crippen molar-refractivity contribution in [2.45, 2.75) is 137 Å². The van der Waals surface area contributed by atoms with E-state index in [9.17, 15) is 65.4 Å². The average Bonchev–Trinajstić information content (AvgIpc) is 3.15. The van der Waals surface area contributed by atoms with Gasteiger partial charge in [-0.25, -0.2) is 0 Å². The van der Waals surface area contributed by atoms with E-state index in [0.717, 1.165) is 6.92 Å². The number of rotatable bonds is 17. The Morgan fingerprint density at radius 2 is 1.49 bits per heavy atom. The summed E-state index contributed by atoms with van der Waals surface area (Å²) >= 11 is 0. The molecule has 21 nitrogen and oxygen atoms in total. The summed E-state index contributed by atoms with van der Waals surface area (Å²) in [5.41, 5.74) is 0.209. The fraction of sp³-hybridized carbons (Fsp3) is 0.743. The highest BCUT2D eigenvalue weighted by Crippen LogP contribution is 2.38. The summed E-state index contributed by atoms with van der Waals surface area (Å²) in [6.45, 7) is 5.07. The Hall–Kier alpha value is -2.75. The fourth-order valence-corrected chi connectivity index (χ4v) is 7.38. The van der Waals surface area contributed by atoms with Gasteiger partial charge in [-0.3, -0.25) is 9.59 Å². The molecule has 0 unspecified atom stereocenters. The number of hydrogen-bond acceptors (Lipinski definition) is 19. The first kappa shape index (κ1) is 46.9. The molecule has 3 aliphatic rings. The van der Waals surface area contributed by atoms with Crippen LogP contribution in [0.15, 0.2) is 30.3 Å². The minimum atomic E-state index is -3.17. The Labute approximate surface area is 329 Å². The molecule has 11 N–H and O–H groups in total. The zero-order chi connectivity index (χ0) is 42.4. The van der Waals surface area contributed by atoms with Gasteiger partial charge in [0.05, 0.1) is 31.5 Å². The molecule has 57 heavy (non-hydrogen) atoms. The van der Waals surface area contributed by atoms with Crippen LogP contribution in [-0.2, 0) is 38.0 Å². The fourth-order valence-electron chi connectivity index (χ4n) is 6.65. The number of carbonyl (C=O) groups excluding carboxylic acids is 3. The molecule has 3 aliphatic heterocycles. The van der Waals surface area contributed by atoms with Gasteiger partial charge < -0.3 is 94.9 Å². The molecular weight excluding hydrogens is 780 g/mol. The highest BCUT2D eigenvalue weighted by atomic mass is 28.3. The lowest BCUT2D eigenvalue weighted by molar-refractivity contribution is -0.411. The van der Waals surface area contributed by atoms with Gasteiger partial charge in [-0.2, -0.15) is 0 Å². The van der Waals surface area contributed by atoms with E-state index in [1.54, 1.807) is 18.2 Å². The number of carboxylic acids is 1. The molecule has 1 aromatic carbocycles. The number of nitrogens with one attached hydrogen (secondary N) is 2. The highest BCUT2D eigenvalue weighted by molar-refractivity contribution is 6.76. The van der Waals surface area contributed by atoms with Crippen LogP contribution in [0.3, 0.4) is 0 Å². The van der Waals surface area contributed by atoms with Crippen molar-refractivity contribution in [3.8, 4) is 0 Å². The molecule has 0 spiro atoms. The molecule has 0 radical (unpaired) electrons. The molecule has 0 bridgehead atoms. The van der Waals surface area contributed by atoms with Crippen LogP contribution in [0.5, 0.6) is 0 Å². The average molecular weight is 836 g/mol. The normalized spacial score (nSPS) is 37.2. The molecule has 1 aromatic rings. The monoisotopic (exact) mass is 835 g/mol. The standard InChI is InChI=1S/C35H56N2O19Si/c1-16(40)37-22-18(41)12-35(34(49)50,55-28(22)23(43)19(42)13-36-31(48)17-8-6-5-7-9-17)56-30-25(45)21(15-39)53-33(27(30)47)54-29-24(44)20(14-38)52-32(26(29)46)51-10-11-57(2,3)4/h5-9,18-30,32-33,38-39,41-47H,10-15H2,1-4H3,(H,36,48)(H,37,40)(H,49,50)/p-1/t18-,19+,20+,21+,22+,23-,24-,25-,26+,27+,28+,29-,30-,32+,33-,35-/m0/s1. The maximum absolute atomic E-state index is 12.9. The molecule has 0 aliphatic carbocycles. The van der Waals surface area contributed by atoms with E-state index in [0.29, 0.717) is 6.04 Å². The van der Waals surface area contributed by atoms with Gasteiger partial charge in [0.2, 0.25) is 11.7 Å². The number of amides is 2. The van der Waals surface area contributed by atoms with Crippen molar-refractivity contribution in [1.82, 2.24) is 10.6 Å². The van der Waals surface area contributed by atoms with E-state index in [4.69, 9.17) is 28.4 Å². The first-order valence-electron chi connectivity index (χ1n) is 18.5. The van der Waals surface area contributed by atoms with Gasteiger partial charge >= 0.3 is 0 Å². The first-order valence-corrected chi connectivity index (χ1v) is 22.2. The molecule has 3 saturated heterocycles. The molecule has 2 amide bonds. The quantitative estimate of drug-likeness (QED) is 0.0651. The molecule has 0 saturated carbocycles. The third-order valence-electron chi connectivity index (χ3n) is 9.89. The number of aliphatic hydroxyl groups is 9. The van der Waals surface area contributed by atoms with Crippen LogP contribution in [0.25, 0.3) is 0 Å². The molecule has 324 valence electrons. The van der Waals surface area contributed by atoms with Crippen molar-refractivity contribution in [3.05, 3.63) is 35.9 Å². The number of aliphatic carboxylic acids is 1. The molecule has 22 heteroatoms. The van der Waals surface area contributed by atoms with Gasteiger partial charge in [0.15, 0.2) is 12.6 Å². The van der Waals surface area contributed by atoms with Gasteiger partial charge in [0.1, 0.15) is 67.0 Å². The van der Waals surface area contributed by atoms with Crippen LogP contribution >= 0.6 is 0 Å². The predicted molar refractivity (Wildman–Crippen MR) is 191 cm³/mol. The van der Waals surface area contributed by atoms with Gasteiger partial charge in [-0.1, -0.05) is 37.8 Å². The second-order valence-corrected chi connectivity index (χ2v) is 21.2. The minimum absolute atomic E-state index is 0.144. The molecule has 4 rings (SSSR count). The van der Waals surface area contributed by atoms with Crippen LogP contribution < -0.4 is 15.7 Å². The number of carboxylic acid groups (broad SMARTS) is 1. The SMILES string of the molecule is CC(=O)N[C@H]1[C@H]([C@@H](O)[C@H](O)CNC(=O)c2ccccc2)O[C@@](O[C@H]2[C@@H](O)[C@@H](CO)O[C@@H](O[C@H]3[C@@H](O)[C@@H](CO)O[C@@H](OCC[Si](C)(C)C)[C@@H]3O)[C@@H]2O)(C(=O)[O-])C[C@@H]1O. The summed E-state index contributed by atoms with van der Waals surface area (Å²) in [5.74, 6) is -6.79. The van der Waals surface area contributed by atoms with Crippen molar-refractivity contribution in [2.24, 2.45) is 0 Å². The van der Waals surface area contributed by atoms with Crippen LogP contribution in [-0.4, -0.2) is 196 Å². The van der Waals surface area contributed by atoms with E-state index in [1.165, 1.54) is 12.1 Å². The lowest BCUT2D eigenvalue weighted by atomic mass is 9.88. The number of carbonyl (C=O) groups is 3. The minimum Gasteiger partial charge on any atom is -0.544 e. The van der Waals surface area contributed by atoms with Crippen LogP contribution in [0.2, 0.25) is 25.7 Å². The van der Waals surface area contributed by atoms with Crippen molar-refractivity contribution in [3.63, 3.8) is 0 Å². The number of aliphatic hydroxyl groups excluding tert-OH is 9. The Morgan fingerprint density at radius 1 is 0.912 bits per heavy atom. The summed E-state index contributed by atoms with van der Waals surface area (Å²) in [4.78, 5) is 37.6. The molecule has 0 aromatic heterocycles. The summed E-state index contributed by atoms with van der Waals surface area (Å²) < 4.78 is 34.0. The topological polar surface area (TPSA) is 336 Å². The maximum atomic E-state index is 12.9.